The van der Waals surface area contributed by atoms with E-state index < -0.39 is 0 Å². The monoisotopic (exact) mass is 461 g/mol. The quantitative estimate of drug-likeness (QED) is 0.295. The molecule has 1 amide bonds. The molecule has 0 bridgehead atoms. The fraction of sp³-hybridized carbons (Fsp3) is 0.160. The zero-order valence-electron chi connectivity index (χ0n) is 17.9. The fourth-order valence-electron chi connectivity index (χ4n) is 3.38. The van der Waals surface area contributed by atoms with Gasteiger partial charge in [-0.05, 0) is 54.6 Å². The van der Waals surface area contributed by atoms with E-state index in [4.69, 9.17) is 4.98 Å². The van der Waals surface area contributed by atoms with E-state index in [0.29, 0.717) is 16.1 Å². The zero-order valence-corrected chi connectivity index (χ0v) is 19.5. The third-order valence-corrected chi connectivity index (χ3v) is 6.80. The molecular weight excluding hydrogens is 438 g/mol. The standard InChI is InChI=1S/C25H23N3O2S2/c1-3-17-12-14-18(15-13-17)28-24(30)19-8-4-5-9-20(19)27-25(28)32-16-23(29)26-21-10-6-7-11-22(21)31-2/h4-15H,3,16H2,1-2H3,(H,26,29). The first-order valence-corrected chi connectivity index (χ1v) is 12.5. The Morgan fingerprint density at radius 2 is 1.72 bits per heavy atom. The Balaban J connectivity index is 1.66. The topological polar surface area (TPSA) is 64.0 Å². The molecule has 0 atom stereocenters. The molecule has 3 aromatic carbocycles. The van der Waals surface area contributed by atoms with Crippen molar-refractivity contribution in [1.29, 1.82) is 0 Å². The van der Waals surface area contributed by atoms with Gasteiger partial charge in [-0.1, -0.05) is 55.1 Å². The second-order valence-electron chi connectivity index (χ2n) is 7.11. The van der Waals surface area contributed by atoms with Gasteiger partial charge < -0.3 is 5.32 Å². The molecule has 0 aliphatic heterocycles. The molecule has 4 rings (SSSR count). The summed E-state index contributed by atoms with van der Waals surface area (Å²) in [4.78, 5) is 31.7. The van der Waals surface area contributed by atoms with E-state index in [1.165, 1.54) is 17.3 Å². The number of para-hydroxylation sites is 2. The average molecular weight is 462 g/mol. The molecular formula is C25H23N3O2S2. The second kappa shape index (κ2) is 10.1. The Morgan fingerprint density at radius 1 is 1.00 bits per heavy atom. The van der Waals surface area contributed by atoms with Crippen molar-refractivity contribution in [3.05, 3.63) is 88.7 Å². The van der Waals surface area contributed by atoms with Crippen LogP contribution in [0.15, 0.2) is 87.6 Å². The smallest absolute Gasteiger partial charge is 0.266 e. The number of amides is 1. The maximum absolute atomic E-state index is 13.3. The Hall–Kier alpha value is -3.03. The molecule has 7 heteroatoms. The number of rotatable bonds is 7. The number of hydrogen-bond acceptors (Lipinski definition) is 5. The third kappa shape index (κ3) is 4.74. The Morgan fingerprint density at radius 3 is 2.47 bits per heavy atom. The van der Waals surface area contributed by atoms with Crippen LogP contribution >= 0.6 is 23.5 Å². The number of aromatic nitrogens is 2. The van der Waals surface area contributed by atoms with Crippen LogP contribution in [0.4, 0.5) is 5.69 Å². The SMILES string of the molecule is CCc1ccc(-n2c(SCC(=O)Nc3ccccc3SC)nc3ccccc3c2=O)cc1. The van der Waals surface area contributed by atoms with Crippen molar-refractivity contribution >= 4 is 46.0 Å². The minimum atomic E-state index is -0.146. The maximum Gasteiger partial charge on any atom is 0.266 e. The average Bonchev–Trinajstić information content (AvgIpc) is 2.83. The third-order valence-electron chi connectivity index (χ3n) is 5.06. The number of fused-ring (bicyclic) bond motifs is 1. The number of benzene rings is 3. The van der Waals surface area contributed by atoms with Gasteiger partial charge >= 0.3 is 0 Å². The van der Waals surface area contributed by atoms with Gasteiger partial charge in [-0.25, -0.2) is 4.98 Å². The Kier molecular flexibility index (Phi) is 6.97. The van der Waals surface area contributed by atoms with Gasteiger partial charge in [0.25, 0.3) is 5.56 Å². The van der Waals surface area contributed by atoms with E-state index in [-0.39, 0.29) is 17.2 Å². The van der Waals surface area contributed by atoms with Crippen LogP contribution in [0.2, 0.25) is 0 Å². The van der Waals surface area contributed by atoms with Gasteiger partial charge in [0, 0.05) is 4.90 Å². The van der Waals surface area contributed by atoms with Gasteiger partial charge in [-0.3, -0.25) is 14.2 Å². The Labute approximate surface area is 195 Å². The lowest BCUT2D eigenvalue weighted by molar-refractivity contribution is -0.113. The highest BCUT2D eigenvalue weighted by Gasteiger charge is 2.15. The van der Waals surface area contributed by atoms with Gasteiger partial charge in [-0.2, -0.15) is 0 Å². The number of nitrogens with one attached hydrogen (secondary N) is 1. The van der Waals surface area contributed by atoms with Crippen molar-refractivity contribution in [2.45, 2.75) is 23.4 Å². The van der Waals surface area contributed by atoms with Crippen LogP contribution in [-0.4, -0.2) is 27.5 Å². The molecule has 0 aliphatic rings. The summed E-state index contributed by atoms with van der Waals surface area (Å²) in [5, 5.41) is 4.00. The number of aryl methyl sites for hydroxylation is 1. The highest BCUT2D eigenvalue weighted by atomic mass is 32.2. The van der Waals surface area contributed by atoms with Crippen molar-refractivity contribution in [3.8, 4) is 5.69 Å². The van der Waals surface area contributed by atoms with Crippen LogP contribution in [0, 0.1) is 0 Å². The first-order valence-electron chi connectivity index (χ1n) is 10.3. The van der Waals surface area contributed by atoms with E-state index in [2.05, 4.69) is 12.2 Å². The second-order valence-corrected chi connectivity index (χ2v) is 8.90. The summed E-state index contributed by atoms with van der Waals surface area (Å²) in [6.07, 6.45) is 2.89. The highest BCUT2D eigenvalue weighted by molar-refractivity contribution is 7.99. The van der Waals surface area contributed by atoms with Crippen molar-refractivity contribution in [2.75, 3.05) is 17.3 Å². The number of hydrogen-bond donors (Lipinski definition) is 1. The van der Waals surface area contributed by atoms with Gasteiger partial charge in [-0.15, -0.1) is 11.8 Å². The summed E-state index contributed by atoms with van der Waals surface area (Å²) < 4.78 is 1.59. The first-order chi connectivity index (χ1) is 15.6. The maximum atomic E-state index is 13.3. The molecule has 1 aromatic heterocycles. The molecule has 1 heterocycles. The van der Waals surface area contributed by atoms with Gasteiger partial charge in [0.15, 0.2) is 5.16 Å². The van der Waals surface area contributed by atoms with Crippen LogP contribution in [0.25, 0.3) is 16.6 Å². The molecule has 0 fully saturated rings. The fourth-order valence-corrected chi connectivity index (χ4v) is 4.75. The van der Waals surface area contributed by atoms with Crippen molar-refractivity contribution < 1.29 is 4.79 Å². The largest absolute Gasteiger partial charge is 0.324 e. The number of nitrogens with zero attached hydrogens (tertiary/aromatic N) is 2. The molecule has 0 aliphatic carbocycles. The molecule has 1 N–H and O–H groups in total. The number of anilines is 1. The molecule has 0 spiro atoms. The van der Waals surface area contributed by atoms with Crippen LogP contribution in [0.3, 0.4) is 0 Å². The summed E-state index contributed by atoms with van der Waals surface area (Å²) in [6, 6.07) is 22.9. The molecule has 4 aromatic rings. The van der Waals surface area contributed by atoms with Gasteiger partial charge in [0.2, 0.25) is 5.91 Å². The number of thioether (sulfide) groups is 2. The van der Waals surface area contributed by atoms with Crippen molar-refractivity contribution in [1.82, 2.24) is 9.55 Å². The van der Waals surface area contributed by atoms with Crippen molar-refractivity contribution in [3.63, 3.8) is 0 Å². The summed E-state index contributed by atoms with van der Waals surface area (Å²) >= 11 is 2.83. The summed E-state index contributed by atoms with van der Waals surface area (Å²) in [5.74, 6) is -0.00707. The van der Waals surface area contributed by atoms with E-state index >= 15 is 0 Å². The number of carbonyl (C=O) groups is 1. The molecule has 162 valence electrons. The normalized spacial score (nSPS) is 10.9. The highest BCUT2D eigenvalue weighted by Crippen LogP contribution is 2.26. The van der Waals surface area contributed by atoms with E-state index in [9.17, 15) is 9.59 Å². The first kappa shape index (κ1) is 22.2. The van der Waals surface area contributed by atoms with Crippen LogP contribution in [-0.2, 0) is 11.2 Å². The molecule has 5 nitrogen and oxygen atoms in total. The predicted molar refractivity (Wildman–Crippen MR) is 134 cm³/mol. The molecule has 0 saturated heterocycles. The molecule has 0 saturated carbocycles. The summed E-state index contributed by atoms with van der Waals surface area (Å²) in [7, 11) is 0. The van der Waals surface area contributed by atoms with E-state index in [1.54, 1.807) is 22.4 Å². The van der Waals surface area contributed by atoms with E-state index in [0.717, 1.165) is 22.7 Å². The van der Waals surface area contributed by atoms with Gasteiger partial charge in [0.1, 0.15) is 0 Å². The molecule has 32 heavy (non-hydrogen) atoms. The lowest BCUT2D eigenvalue weighted by Crippen LogP contribution is -2.23. The number of carbonyl (C=O) groups excluding carboxylic acids is 1. The summed E-state index contributed by atoms with van der Waals surface area (Å²) in [5.41, 5.74) is 3.19. The van der Waals surface area contributed by atoms with Crippen LogP contribution < -0.4 is 10.9 Å². The Bertz CT molecular complexity index is 1320. The minimum absolute atomic E-state index is 0.139. The molecule has 0 unspecified atom stereocenters. The van der Waals surface area contributed by atoms with Crippen LogP contribution in [0.5, 0.6) is 0 Å². The minimum Gasteiger partial charge on any atom is -0.324 e. The molecule has 0 radical (unpaired) electrons. The summed E-state index contributed by atoms with van der Waals surface area (Å²) in [6.45, 7) is 2.09. The lowest BCUT2D eigenvalue weighted by atomic mass is 10.1. The predicted octanol–water partition coefficient (Wildman–Crippen LogP) is 5.40. The lowest BCUT2D eigenvalue weighted by Gasteiger charge is -2.14. The van der Waals surface area contributed by atoms with Crippen molar-refractivity contribution in [2.24, 2.45) is 0 Å². The zero-order chi connectivity index (χ0) is 22.5. The van der Waals surface area contributed by atoms with E-state index in [1.807, 2.05) is 73.0 Å². The van der Waals surface area contributed by atoms with Gasteiger partial charge in [0.05, 0.1) is 28.0 Å². The van der Waals surface area contributed by atoms with Crippen LogP contribution in [0.1, 0.15) is 12.5 Å².